The molecule has 2 heterocycles. The van der Waals surface area contributed by atoms with Crippen molar-refractivity contribution in [1.29, 1.82) is 0 Å². The molecular weight excluding hydrogens is 376 g/mol. The van der Waals surface area contributed by atoms with Crippen LogP contribution in [0, 0.1) is 0 Å². The Kier molecular flexibility index (Phi) is 7.11. The molecule has 3 N–H and O–H groups in total. The third kappa shape index (κ3) is 5.61. The van der Waals surface area contributed by atoms with E-state index >= 15 is 0 Å². The minimum absolute atomic E-state index is 0.291. The minimum atomic E-state index is -0.791. The lowest BCUT2D eigenvalue weighted by molar-refractivity contribution is 0.193. The Morgan fingerprint density at radius 1 is 1.21 bits per heavy atom. The second kappa shape index (κ2) is 9.96. The predicted molar refractivity (Wildman–Crippen MR) is 110 cm³/mol. The Morgan fingerprint density at radius 2 is 2.04 bits per heavy atom. The number of hydrogen-bond acceptors (Lipinski definition) is 5. The van der Waals surface area contributed by atoms with Gasteiger partial charge in [0.05, 0.1) is 19.4 Å². The molecule has 0 unspecified atom stereocenters. The van der Waals surface area contributed by atoms with Crippen LogP contribution in [0.2, 0.25) is 0 Å². The van der Waals surface area contributed by atoms with Gasteiger partial charge in [0.15, 0.2) is 0 Å². The lowest BCUT2D eigenvalue weighted by atomic mass is 10.2. The molecule has 0 fully saturated rings. The van der Waals surface area contributed by atoms with Gasteiger partial charge in [0.25, 0.3) is 0 Å². The van der Waals surface area contributed by atoms with Crippen LogP contribution in [0.25, 0.3) is 0 Å². The molecule has 0 aliphatic heterocycles. The molecular formula is C21H24N2O4S. The predicted octanol–water partition coefficient (Wildman–Crippen LogP) is 4.92. The average Bonchev–Trinajstić information content (AvgIpc) is 3.40. The van der Waals surface area contributed by atoms with Crippen LogP contribution in [-0.4, -0.2) is 17.7 Å². The third-order valence-corrected chi connectivity index (χ3v) is 5.20. The Morgan fingerprint density at radius 3 is 2.75 bits per heavy atom. The van der Waals surface area contributed by atoms with Crippen LogP contribution in [0.15, 0.2) is 59.2 Å². The molecule has 3 rings (SSSR count). The summed E-state index contributed by atoms with van der Waals surface area (Å²) in [5, 5.41) is 15.9. The van der Waals surface area contributed by atoms with Gasteiger partial charge in [-0.2, -0.15) is 0 Å². The van der Waals surface area contributed by atoms with Crippen molar-refractivity contribution in [1.82, 2.24) is 5.32 Å². The fourth-order valence-corrected chi connectivity index (χ4v) is 3.48. The fourth-order valence-electron chi connectivity index (χ4n) is 2.54. The summed E-state index contributed by atoms with van der Waals surface area (Å²) in [4.78, 5) is 13.8. The van der Waals surface area contributed by atoms with Gasteiger partial charge >= 0.3 is 6.03 Å². The lowest BCUT2D eigenvalue weighted by Gasteiger charge is -2.09. The highest BCUT2D eigenvalue weighted by molar-refractivity contribution is 7.12. The Labute approximate surface area is 168 Å². The number of carbonyl (C=O) groups is 1. The molecule has 0 spiro atoms. The van der Waals surface area contributed by atoms with Gasteiger partial charge in [-0.1, -0.05) is 13.3 Å². The van der Waals surface area contributed by atoms with E-state index in [-0.39, 0.29) is 6.03 Å². The number of hydrogen-bond donors (Lipinski definition) is 3. The first-order valence-electron chi connectivity index (χ1n) is 9.23. The van der Waals surface area contributed by atoms with Crippen LogP contribution >= 0.6 is 11.3 Å². The summed E-state index contributed by atoms with van der Waals surface area (Å²) in [5.74, 6) is 1.29. The van der Waals surface area contributed by atoms with Crippen molar-refractivity contribution in [2.24, 2.45) is 0 Å². The van der Waals surface area contributed by atoms with Crippen molar-refractivity contribution in [2.75, 3.05) is 11.9 Å². The van der Waals surface area contributed by atoms with E-state index in [0.29, 0.717) is 24.6 Å². The standard InChI is InChI=1S/C21H24N2O4S/c1-2-3-12-26-16-8-6-15(7-9-16)23-21(25)22-14-17-10-11-19(28-17)20(24)18-5-4-13-27-18/h4-11,13,20,24H,2-3,12,14H2,1H3,(H2,22,23,25)/t20-/m0/s1. The molecule has 3 aromatic rings. The summed E-state index contributed by atoms with van der Waals surface area (Å²) >= 11 is 1.43. The number of nitrogens with one attached hydrogen (secondary N) is 2. The molecule has 7 heteroatoms. The molecule has 28 heavy (non-hydrogen) atoms. The van der Waals surface area contributed by atoms with E-state index in [1.165, 1.54) is 17.6 Å². The highest BCUT2D eigenvalue weighted by atomic mass is 32.1. The summed E-state index contributed by atoms with van der Waals surface area (Å²) in [7, 11) is 0. The second-order valence-electron chi connectivity index (χ2n) is 6.26. The number of urea groups is 1. The summed E-state index contributed by atoms with van der Waals surface area (Å²) in [5.41, 5.74) is 0.695. The van der Waals surface area contributed by atoms with E-state index in [1.54, 1.807) is 12.1 Å². The van der Waals surface area contributed by atoms with Gasteiger partial charge < -0.3 is 24.9 Å². The molecule has 0 aliphatic rings. The molecule has 1 aromatic carbocycles. The first-order chi connectivity index (χ1) is 13.7. The van der Waals surface area contributed by atoms with E-state index in [2.05, 4.69) is 17.6 Å². The summed E-state index contributed by atoms with van der Waals surface area (Å²) in [6.07, 6.45) is 2.85. The Balaban J connectivity index is 1.45. The number of ether oxygens (including phenoxy) is 1. The van der Waals surface area contributed by atoms with Crippen molar-refractivity contribution in [3.05, 3.63) is 70.3 Å². The molecule has 1 atom stereocenters. The van der Waals surface area contributed by atoms with Crippen LogP contribution in [0.1, 0.15) is 41.4 Å². The van der Waals surface area contributed by atoms with Crippen molar-refractivity contribution in [3.63, 3.8) is 0 Å². The lowest BCUT2D eigenvalue weighted by Crippen LogP contribution is -2.27. The molecule has 0 radical (unpaired) electrons. The highest BCUT2D eigenvalue weighted by Crippen LogP contribution is 2.28. The molecule has 6 nitrogen and oxygen atoms in total. The van der Waals surface area contributed by atoms with Gasteiger partial charge in [0.2, 0.25) is 0 Å². The number of aliphatic hydroxyl groups excluding tert-OH is 1. The van der Waals surface area contributed by atoms with Crippen LogP contribution < -0.4 is 15.4 Å². The maximum absolute atomic E-state index is 12.1. The van der Waals surface area contributed by atoms with Crippen LogP contribution in [0.3, 0.4) is 0 Å². The molecule has 2 amide bonds. The van der Waals surface area contributed by atoms with E-state index in [1.807, 2.05) is 36.4 Å². The number of anilines is 1. The smallest absolute Gasteiger partial charge is 0.319 e. The number of rotatable bonds is 9. The normalized spacial score (nSPS) is 11.8. The number of carbonyl (C=O) groups excluding carboxylic acids is 1. The maximum Gasteiger partial charge on any atom is 0.319 e. The van der Waals surface area contributed by atoms with Crippen molar-refractivity contribution < 1.29 is 19.1 Å². The molecule has 0 saturated heterocycles. The van der Waals surface area contributed by atoms with E-state index in [0.717, 1.165) is 28.3 Å². The summed E-state index contributed by atoms with van der Waals surface area (Å²) in [6.45, 7) is 3.19. The van der Waals surface area contributed by atoms with Gasteiger partial charge in [0, 0.05) is 15.4 Å². The average molecular weight is 401 g/mol. The third-order valence-electron chi connectivity index (χ3n) is 4.07. The van der Waals surface area contributed by atoms with Gasteiger partial charge in [-0.25, -0.2) is 4.79 Å². The van der Waals surface area contributed by atoms with Crippen molar-refractivity contribution >= 4 is 23.1 Å². The van der Waals surface area contributed by atoms with Gasteiger partial charge in [0.1, 0.15) is 17.6 Å². The van der Waals surface area contributed by atoms with Crippen molar-refractivity contribution in [2.45, 2.75) is 32.4 Å². The zero-order valence-electron chi connectivity index (χ0n) is 15.7. The van der Waals surface area contributed by atoms with Crippen molar-refractivity contribution in [3.8, 4) is 5.75 Å². The minimum Gasteiger partial charge on any atom is -0.494 e. The molecule has 2 aromatic heterocycles. The number of aliphatic hydroxyl groups is 1. The number of amides is 2. The molecule has 148 valence electrons. The number of thiophene rings is 1. The zero-order chi connectivity index (χ0) is 19.8. The first-order valence-corrected chi connectivity index (χ1v) is 10.0. The van der Waals surface area contributed by atoms with E-state index in [4.69, 9.17) is 9.15 Å². The van der Waals surface area contributed by atoms with Gasteiger partial charge in [-0.3, -0.25) is 0 Å². The Bertz CT molecular complexity index is 859. The number of benzene rings is 1. The van der Waals surface area contributed by atoms with Crippen LogP contribution in [0.5, 0.6) is 5.75 Å². The quantitative estimate of drug-likeness (QED) is 0.445. The summed E-state index contributed by atoms with van der Waals surface area (Å²) < 4.78 is 10.8. The zero-order valence-corrected chi connectivity index (χ0v) is 16.5. The number of unbranched alkanes of at least 4 members (excludes halogenated alkanes) is 1. The van der Waals surface area contributed by atoms with Crippen LogP contribution in [-0.2, 0) is 6.54 Å². The van der Waals surface area contributed by atoms with Gasteiger partial charge in [-0.15, -0.1) is 11.3 Å². The largest absolute Gasteiger partial charge is 0.494 e. The SMILES string of the molecule is CCCCOc1ccc(NC(=O)NCc2ccc([C@@H](O)c3ccco3)s2)cc1. The summed E-state index contributed by atoms with van der Waals surface area (Å²) in [6, 6.07) is 14.2. The fraction of sp³-hybridized carbons (Fsp3) is 0.286. The number of furan rings is 1. The monoisotopic (exact) mass is 400 g/mol. The van der Waals surface area contributed by atoms with Gasteiger partial charge in [-0.05, 0) is 55.0 Å². The topological polar surface area (TPSA) is 83.7 Å². The first kappa shape index (κ1) is 20.0. The Hall–Kier alpha value is -2.77. The molecule has 0 aliphatic carbocycles. The molecule has 0 bridgehead atoms. The van der Waals surface area contributed by atoms with Crippen LogP contribution in [0.4, 0.5) is 10.5 Å². The van der Waals surface area contributed by atoms with E-state index in [9.17, 15) is 9.90 Å². The van der Waals surface area contributed by atoms with E-state index < -0.39 is 6.10 Å². The molecule has 0 saturated carbocycles. The second-order valence-corrected chi connectivity index (χ2v) is 7.46. The maximum atomic E-state index is 12.1. The highest BCUT2D eigenvalue weighted by Gasteiger charge is 2.15.